The highest BCUT2D eigenvalue weighted by atomic mass is 19.4. The predicted molar refractivity (Wildman–Crippen MR) is 86.9 cm³/mol. The lowest BCUT2D eigenvalue weighted by atomic mass is 9.98. The second-order valence-electron chi connectivity index (χ2n) is 5.97. The third kappa shape index (κ3) is 4.51. The molecule has 2 heterocycles. The summed E-state index contributed by atoms with van der Waals surface area (Å²) in [6.45, 7) is 1.80. The van der Waals surface area contributed by atoms with Crippen molar-refractivity contribution < 1.29 is 22.7 Å². The number of aryl methyl sites for hydroxylation is 1. The summed E-state index contributed by atoms with van der Waals surface area (Å²) in [5.74, 6) is 0.334. The number of amides is 1. The molecule has 0 aliphatic carbocycles. The van der Waals surface area contributed by atoms with Gasteiger partial charge in [0.15, 0.2) is 5.82 Å². The minimum absolute atomic E-state index is 0.186. The Kier molecular flexibility index (Phi) is 5.12. The van der Waals surface area contributed by atoms with E-state index in [0.717, 1.165) is 38.1 Å². The number of rotatable bonds is 4. The summed E-state index contributed by atoms with van der Waals surface area (Å²) in [5.41, 5.74) is 0.186. The van der Waals surface area contributed by atoms with Gasteiger partial charge in [-0.1, -0.05) is 0 Å². The zero-order chi connectivity index (χ0) is 18.7. The topological polar surface area (TPSA) is 81.1 Å². The maximum Gasteiger partial charge on any atom is 0.573 e. The standard InChI is InChI=1S/C16H18F3N5O2/c1-24-15(21-13(23-24)10-6-8-20-9-7-10)22-14(25)11-2-4-12(5-3-11)26-16(17,18)19/h2-5,10,20H,6-9H2,1H3,(H,21,22,23,25). The van der Waals surface area contributed by atoms with Gasteiger partial charge in [0.25, 0.3) is 5.91 Å². The van der Waals surface area contributed by atoms with Gasteiger partial charge in [-0.3, -0.25) is 10.1 Å². The lowest BCUT2D eigenvalue weighted by molar-refractivity contribution is -0.274. The molecule has 1 saturated heterocycles. The van der Waals surface area contributed by atoms with Gasteiger partial charge in [0.05, 0.1) is 0 Å². The Morgan fingerprint density at radius 1 is 1.27 bits per heavy atom. The summed E-state index contributed by atoms with van der Waals surface area (Å²) in [4.78, 5) is 16.7. The first-order valence-corrected chi connectivity index (χ1v) is 8.10. The van der Waals surface area contributed by atoms with Crippen LogP contribution in [0, 0.1) is 0 Å². The Hall–Kier alpha value is -2.62. The van der Waals surface area contributed by atoms with Crippen LogP contribution in [0.2, 0.25) is 0 Å². The molecule has 10 heteroatoms. The minimum Gasteiger partial charge on any atom is -0.406 e. The molecule has 0 bridgehead atoms. The number of piperidine rings is 1. The monoisotopic (exact) mass is 369 g/mol. The van der Waals surface area contributed by atoms with E-state index in [1.54, 1.807) is 7.05 Å². The average Bonchev–Trinajstić information content (AvgIpc) is 2.95. The zero-order valence-electron chi connectivity index (χ0n) is 14.0. The molecule has 3 rings (SSSR count). The molecule has 140 valence electrons. The highest BCUT2D eigenvalue weighted by Crippen LogP contribution is 2.24. The SMILES string of the molecule is Cn1nc(C2CCNCC2)nc1NC(=O)c1ccc(OC(F)(F)F)cc1. The van der Waals surface area contributed by atoms with E-state index in [1.165, 1.54) is 16.8 Å². The first kappa shape index (κ1) is 18.2. The molecule has 2 aromatic rings. The number of anilines is 1. The Balaban J connectivity index is 1.67. The molecule has 0 spiro atoms. The molecular weight excluding hydrogens is 351 g/mol. The average molecular weight is 369 g/mol. The van der Waals surface area contributed by atoms with Crippen LogP contribution in [0.25, 0.3) is 0 Å². The Bertz CT molecular complexity index is 767. The maximum absolute atomic E-state index is 12.3. The van der Waals surface area contributed by atoms with Crippen LogP contribution >= 0.6 is 0 Å². The van der Waals surface area contributed by atoms with Crippen LogP contribution in [-0.4, -0.2) is 40.1 Å². The van der Waals surface area contributed by atoms with E-state index in [4.69, 9.17) is 0 Å². The molecule has 2 N–H and O–H groups in total. The number of nitrogens with zero attached hydrogens (tertiary/aromatic N) is 3. The van der Waals surface area contributed by atoms with Gasteiger partial charge in [0.1, 0.15) is 5.75 Å². The molecule has 0 unspecified atom stereocenters. The van der Waals surface area contributed by atoms with Crippen LogP contribution in [0.3, 0.4) is 0 Å². The molecule has 0 atom stereocenters. The van der Waals surface area contributed by atoms with Gasteiger partial charge in [-0.05, 0) is 50.2 Å². The van der Waals surface area contributed by atoms with E-state index in [2.05, 4.69) is 25.5 Å². The molecular formula is C16H18F3N5O2. The highest BCUT2D eigenvalue weighted by molar-refractivity contribution is 6.03. The Morgan fingerprint density at radius 2 is 1.92 bits per heavy atom. The molecule has 1 fully saturated rings. The number of carbonyl (C=O) groups excluding carboxylic acids is 1. The highest BCUT2D eigenvalue weighted by Gasteiger charge is 2.31. The normalized spacial score (nSPS) is 15.7. The van der Waals surface area contributed by atoms with Crippen LogP contribution in [0.5, 0.6) is 5.75 Å². The molecule has 1 amide bonds. The van der Waals surface area contributed by atoms with Crippen LogP contribution < -0.4 is 15.4 Å². The Morgan fingerprint density at radius 3 is 2.54 bits per heavy atom. The summed E-state index contributed by atoms with van der Waals surface area (Å²) in [6, 6.07) is 4.67. The fraction of sp³-hybridized carbons (Fsp3) is 0.438. The van der Waals surface area contributed by atoms with Gasteiger partial charge in [0.2, 0.25) is 5.95 Å². The number of hydrogen-bond donors (Lipinski definition) is 2. The maximum atomic E-state index is 12.3. The van der Waals surface area contributed by atoms with Crippen molar-refractivity contribution in [1.82, 2.24) is 20.1 Å². The molecule has 1 aliphatic heterocycles. The van der Waals surface area contributed by atoms with Crippen molar-refractivity contribution in [3.8, 4) is 5.75 Å². The van der Waals surface area contributed by atoms with Crippen molar-refractivity contribution in [3.63, 3.8) is 0 Å². The smallest absolute Gasteiger partial charge is 0.406 e. The Labute approximate surface area is 147 Å². The molecule has 0 saturated carbocycles. The minimum atomic E-state index is -4.77. The summed E-state index contributed by atoms with van der Waals surface area (Å²) in [7, 11) is 1.67. The van der Waals surface area contributed by atoms with Gasteiger partial charge < -0.3 is 10.1 Å². The number of aromatic nitrogens is 3. The van der Waals surface area contributed by atoms with Gasteiger partial charge in [-0.15, -0.1) is 13.2 Å². The first-order valence-electron chi connectivity index (χ1n) is 8.10. The summed E-state index contributed by atoms with van der Waals surface area (Å²) in [6.07, 6.45) is -2.91. The fourth-order valence-electron chi connectivity index (χ4n) is 2.75. The number of ether oxygens (including phenoxy) is 1. The second-order valence-corrected chi connectivity index (χ2v) is 5.97. The predicted octanol–water partition coefficient (Wildman–Crippen LogP) is 2.43. The van der Waals surface area contributed by atoms with Gasteiger partial charge in [-0.2, -0.15) is 10.1 Å². The second kappa shape index (κ2) is 7.32. The van der Waals surface area contributed by atoms with E-state index in [0.29, 0.717) is 11.8 Å². The van der Waals surface area contributed by atoms with Gasteiger partial charge >= 0.3 is 6.36 Å². The quantitative estimate of drug-likeness (QED) is 0.865. The largest absolute Gasteiger partial charge is 0.573 e. The van der Waals surface area contributed by atoms with E-state index in [-0.39, 0.29) is 17.2 Å². The summed E-state index contributed by atoms with van der Waals surface area (Å²) >= 11 is 0. The van der Waals surface area contributed by atoms with Crippen molar-refractivity contribution in [1.29, 1.82) is 0 Å². The number of benzene rings is 1. The number of halogens is 3. The van der Waals surface area contributed by atoms with Crippen molar-refractivity contribution in [3.05, 3.63) is 35.7 Å². The molecule has 0 radical (unpaired) electrons. The van der Waals surface area contributed by atoms with E-state index in [9.17, 15) is 18.0 Å². The van der Waals surface area contributed by atoms with Crippen LogP contribution in [0.1, 0.15) is 34.9 Å². The van der Waals surface area contributed by atoms with E-state index in [1.807, 2.05) is 0 Å². The van der Waals surface area contributed by atoms with Crippen molar-refractivity contribution >= 4 is 11.9 Å². The lowest BCUT2D eigenvalue weighted by Crippen LogP contribution is -2.27. The van der Waals surface area contributed by atoms with Crippen LogP contribution in [0.4, 0.5) is 19.1 Å². The molecule has 7 nitrogen and oxygen atoms in total. The zero-order valence-corrected chi connectivity index (χ0v) is 14.0. The molecule has 1 aromatic carbocycles. The summed E-state index contributed by atoms with van der Waals surface area (Å²) < 4.78 is 41.8. The summed E-state index contributed by atoms with van der Waals surface area (Å²) in [5, 5.41) is 10.2. The van der Waals surface area contributed by atoms with Crippen LogP contribution in [0.15, 0.2) is 24.3 Å². The number of nitrogens with one attached hydrogen (secondary N) is 2. The first-order chi connectivity index (χ1) is 12.3. The molecule has 1 aliphatic rings. The number of carbonyl (C=O) groups is 1. The van der Waals surface area contributed by atoms with Gasteiger partial charge in [-0.25, -0.2) is 4.68 Å². The third-order valence-corrected chi connectivity index (χ3v) is 4.06. The third-order valence-electron chi connectivity index (χ3n) is 4.06. The molecule has 26 heavy (non-hydrogen) atoms. The van der Waals surface area contributed by atoms with Crippen molar-refractivity contribution in [2.45, 2.75) is 25.1 Å². The lowest BCUT2D eigenvalue weighted by Gasteiger charge is -2.19. The number of alkyl halides is 3. The number of hydrogen-bond acceptors (Lipinski definition) is 5. The van der Waals surface area contributed by atoms with E-state index >= 15 is 0 Å². The fourth-order valence-corrected chi connectivity index (χ4v) is 2.75. The molecule has 1 aromatic heterocycles. The van der Waals surface area contributed by atoms with Crippen molar-refractivity contribution in [2.75, 3.05) is 18.4 Å². The van der Waals surface area contributed by atoms with Crippen molar-refractivity contribution in [2.24, 2.45) is 7.05 Å². The van der Waals surface area contributed by atoms with Crippen LogP contribution in [-0.2, 0) is 7.05 Å². The van der Waals surface area contributed by atoms with E-state index < -0.39 is 12.3 Å². The van der Waals surface area contributed by atoms with Gasteiger partial charge in [0, 0.05) is 18.5 Å².